The van der Waals surface area contributed by atoms with E-state index in [4.69, 9.17) is 4.74 Å². The lowest BCUT2D eigenvalue weighted by Gasteiger charge is -2.48. The number of hydrogen-bond donors (Lipinski definition) is 5. The Bertz CT molecular complexity index is 1570. The van der Waals surface area contributed by atoms with Gasteiger partial charge in [-0.15, -0.1) is 0 Å². The minimum Gasteiger partial charge on any atom is -0.385 e. The molecule has 5 N–H and O–H groups in total. The highest BCUT2D eigenvalue weighted by Crippen LogP contribution is 2.43. The molecule has 1 heterocycles. The number of aliphatic hydroxyl groups excluding tert-OH is 2. The molecule has 0 aromatic heterocycles. The number of carbonyl (C=O) groups excluding carboxylic acids is 7. The van der Waals surface area contributed by atoms with Crippen LogP contribution in [0.4, 0.5) is 0 Å². The number of hydrogen-bond acceptors (Lipinski definition) is 12. The van der Waals surface area contributed by atoms with Gasteiger partial charge in [0, 0.05) is 61.2 Å². The first-order valence-electron chi connectivity index (χ1n) is 23.1. The fourth-order valence-corrected chi connectivity index (χ4v) is 10.5. The lowest BCUT2D eigenvalue weighted by molar-refractivity contribution is -0.328. The number of aliphatic hydroxyl groups is 4. The van der Waals surface area contributed by atoms with Crippen LogP contribution in [0.1, 0.15) is 158 Å². The number of ether oxygens (including phenoxy) is 1. The van der Waals surface area contributed by atoms with Crippen molar-refractivity contribution in [3.63, 3.8) is 0 Å². The van der Waals surface area contributed by atoms with Gasteiger partial charge in [0.05, 0.1) is 12.1 Å². The maximum absolute atomic E-state index is 15.1. The minimum absolute atomic E-state index is 0.0533. The van der Waals surface area contributed by atoms with E-state index >= 15 is 4.79 Å². The molecule has 14 atom stereocenters. The van der Waals surface area contributed by atoms with Gasteiger partial charge in [-0.3, -0.25) is 33.6 Å². The largest absolute Gasteiger partial charge is 0.385 e. The molecule has 0 bridgehead atoms. The van der Waals surface area contributed by atoms with Gasteiger partial charge < -0.3 is 30.5 Å². The van der Waals surface area contributed by atoms with E-state index in [1.165, 1.54) is 13.8 Å². The Morgan fingerprint density at radius 3 is 1.77 bits per heavy atom. The highest BCUT2D eigenvalue weighted by atomic mass is 16.6. The van der Waals surface area contributed by atoms with Crippen LogP contribution in [0.2, 0.25) is 0 Å². The molecule has 60 heavy (non-hydrogen) atoms. The van der Waals surface area contributed by atoms with Crippen LogP contribution in [-0.2, 0) is 38.3 Å². The van der Waals surface area contributed by atoms with Crippen molar-refractivity contribution in [2.45, 2.75) is 194 Å². The summed E-state index contributed by atoms with van der Waals surface area (Å²) in [5, 5.41) is 49.5. The summed E-state index contributed by atoms with van der Waals surface area (Å²) in [6, 6.07) is -1.49. The first-order valence-corrected chi connectivity index (χ1v) is 23.1. The average molecular weight is 846 g/mol. The van der Waals surface area contributed by atoms with E-state index in [-0.39, 0.29) is 50.2 Å². The van der Waals surface area contributed by atoms with Crippen LogP contribution in [0.15, 0.2) is 0 Å². The van der Waals surface area contributed by atoms with Crippen molar-refractivity contribution in [3.8, 4) is 0 Å². The molecule has 13 nitrogen and oxygen atoms in total. The number of nitrogens with one attached hydrogen (secondary N) is 1. The van der Waals surface area contributed by atoms with Gasteiger partial charge in [-0.1, -0.05) is 80.6 Å². The normalized spacial score (nSPS) is 38.4. The van der Waals surface area contributed by atoms with Crippen molar-refractivity contribution >= 4 is 40.6 Å². The zero-order valence-corrected chi connectivity index (χ0v) is 37.5. The molecule has 340 valence electrons. The Labute approximate surface area is 356 Å². The molecule has 3 saturated carbocycles. The second-order valence-corrected chi connectivity index (χ2v) is 19.8. The van der Waals surface area contributed by atoms with Crippen LogP contribution in [0.25, 0.3) is 0 Å². The third-order valence-corrected chi connectivity index (χ3v) is 15.0. The average Bonchev–Trinajstić information content (AvgIpc) is 3.23. The Balaban J connectivity index is 1.76. The maximum Gasteiger partial charge on any atom is 0.257 e. The van der Waals surface area contributed by atoms with Crippen molar-refractivity contribution in [1.82, 2.24) is 5.32 Å². The summed E-state index contributed by atoms with van der Waals surface area (Å²) >= 11 is 0. The highest BCUT2D eigenvalue weighted by Gasteiger charge is 2.57. The monoisotopic (exact) mass is 846 g/mol. The molecule has 9 unspecified atom stereocenters. The van der Waals surface area contributed by atoms with E-state index in [0.717, 1.165) is 19.8 Å². The van der Waals surface area contributed by atoms with Gasteiger partial charge in [0.25, 0.3) is 5.91 Å². The van der Waals surface area contributed by atoms with E-state index in [1.807, 2.05) is 6.92 Å². The molecule has 0 radical (unpaired) electrons. The van der Waals surface area contributed by atoms with E-state index in [2.05, 4.69) is 19.2 Å². The highest BCUT2D eigenvalue weighted by molar-refractivity contribution is 6.01. The van der Waals surface area contributed by atoms with Crippen LogP contribution in [0, 0.1) is 59.2 Å². The molecule has 0 spiro atoms. The number of Topliss-reactive ketones (excluding diaryl/α,β-unsaturated/α-hetero) is 6. The molecular formula is C47H75NO12. The summed E-state index contributed by atoms with van der Waals surface area (Å²) in [6.07, 6.45) is 1.56. The molecule has 4 fully saturated rings. The molecular weight excluding hydrogens is 771 g/mol. The number of rotatable bonds is 8. The van der Waals surface area contributed by atoms with Crippen LogP contribution < -0.4 is 5.32 Å². The molecule has 4 aliphatic rings. The van der Waals surface area contributed by atoms with Crippen molar-refractivity contribution in [2.75, 3.05) is 0 Å². The first kappa shape index (κ1) is 49.9. The quantitative estimate of drug-likeness (QED) is 0.217. The lowest BCUT2D eigenvalue weighted by atomic mass is 9.68. The maximum atomic E-state index is 15.1. The summed E-state index contributed by atoms with van der Waals surface area (Å²) in [5.41, 5.74) is -2.57. The zero-order valence-electron chi connectivity index (χ0n) is 37.5. The Kier molecular flexibility index (Phi) is 17.6. The summed E-state index contributed by atoms with van der Waals surface area (Å²) in [7, 11) is 0. The fourth-order valence-electron chi connectivity index (χ4n) is 10.5. The van der Waals surface area contributed by atoms with Crippen molar-refractivity contribution in [2.24, 2.45) is 59.2 Å². The van der Waals surface area contributed by atoms with E-state index in [1.54, 1.807) is 13.8 Å². The van der Waals surface area contributed by atoms with E-state index < -0.39 is 118 Å². The topological polar surface area (TPSA) is 222 Å². The molecule has 13 heteroatoms. The van der Waals surface area contributed by atoms with Gasteiger partial charge in [-0.25, -0.2) is 0 Å². The van der Waals surface area contributed by atoms with Gasteiger partial charge in [-0.2, -0.15) is 0 Å². The second-order valence-electron chi connectivity index (χ2n) is 19.8. The molecule has 4 rings (SSSR count). The van der Waals surface area contributed by atoms with Crippen molar-refractivity contribution < 1.29 is 58.7 Å². The molecule has 3 aliphatic carbocycles. The summed E-state index contributed by atoms with van der Waals surface area (Å²) in [4.78, 5) is 98.7. The first-order chi connectivity index (χ1) is 28.1. The zero-order chi connectivity index (χ0) is 44.9. The molecule has 1 saturated heterocycles. The van der Waals surface area contributed by atoms with Crippen LogP contribution in [0.3, 0.4) is 0 Å². The van der Waals surface area contributed by atoms with Gasteiger partial charge >= 0.3 is 0 Å². The second kappa shape index (κ2) is 21.1. The van der Waals surface area contributed by atoms with E-state index in [9.17, 15) is 49.2 Å². The number of fused-ring (bicyclic) bond motifs is 2. The number of ketones is 6. The molecule has 0 aromatic rings. The molecule has 0 aromatic carbocycles. The summed E-state index contributed by atoms with van der Waals surface area (Å²) in [5.74, 6) is -13.7. The Morgan fingerprint density at radius 1 is 0.767 bits per heavy atom. The van der Waals surface area contributed by atoms with Crippen LogP contribution >= 0.6 is 0 Å². The summed E-state index contributed by atoms with van der Waals surface area (Å²) < 4.78 is 6.18. The third-order valence-electron chi connectivity index (χ3n) is 15.0. The van der Waals surface area contributed by atoms with Gasteiger partial charge in [-0.05, 0) is 75.5 Å². The SMILES string of the molecule is CCC1OC(O)(C(C)(O)C(=O)N[C@@H]2C(=O)C3CCCC[C@H]3C(=O)C(O)[C@H](C)C(=O)CCC(=O)C3CCCCC3C(=O)C(O)[C@@H](C)C(=O)C[C@H]2C(C)C)CCC1CCC(C)C. The van der Waals surface area contributed by atoms with Crippen LogP contribution in [0.5, 0.6) is 0 Å². The smallest absolute Gasteiger partial charge is 0.257 e. The van der Waals surface area contributed by atoms with Gasteiger partial charge in [0.2, 0.25) is 5.79 Å². The van der Waals surface area contributed by atoms with E-state index in [0.29, 0.717) is 57.3 Å². The van der Waals surface area contributed by atoms with Gasteiger partial charge in [0.1, 0.15) is 29.6 Å². The lowest BCUT2D eigenvalue weighted by Crippen LogP contribution is -2.67. The van der Waals surface area contributed by atoms with Crippen LogP contribution in [-0.4, -0.2) is 96.8 Å². The predicted molar refractivity (Wildman–Crippen MR) is 223 cm³/mol. The Hall–Kier alpha value is -2.71. The minimum atomic E-state index is -2.57. The standard InChI is InChI=1S/C47H75NO12/c1-9-38-29(19-18-25(2)3)22-23-47(59,60-38)46(8,58)45(57)48-39-34(26(4)5)24-37(51)28(7)41(53)43(55)31-15-11-10-14-30(31)36(50)21-20-35(49)27(6)40(52)44(56)33-17-13-12-16-32(33)42(39)54/h25-34,38-41,52-53,58-59H,9-24H2,1-8H3,(H,48,57)/t27-,28+,29?,30?,31?,32?,33-,34+,38?,39+,40?,41?,46?,47?/m1/s1. The molecule has 1 amide bonds. The molecule has 1 aliphatic heterocycles. The third kappa shape index (κ3) is 11.1. The number of carbonyl (C=O) groups is 7. The fraction of sp³-hybridized carbons (Fsp3) is 0.851. The van der Waals surface area contributed by atoms with Crippen molar-refractivity contribution in [1.29, 1.82) is 0 Å². The summed E-state index contributed by atoms with van der Waals surface area (Å²) in [6.45, 7) is 13.7. The predicted octanol–water partition coefficient (Wildman–Crippen LogP) is 5.03. The van der Waals surface area contributed by atoms with Crippen molar-refractivity contribution in [3.05, 3.63) is 0 Å². The van der Waals surface area contributed by atoms with Gasteiger partial charge in [0.15, 0.2) is 23.0 Å². The number of amides is 1. The Morgan fingerprint density at radius 2 is 1.25 bits per heavy atom.